The van der Waals surface area contributed by atoms with Gasteiger partial charge in [-0.25, -0.2) is 0 Å². The van der Waals surface area contributed by atoms with Crippen LogP contribution in [0.3, 0.4) is 0 Å². The van der Waals surface area contributed by atoms with Crippen molar-refractivity contribution in [2.45, 2.75) is 25.8 Å². The smallest absolute Gasteiger partial charge is 0.0991 e. The van der Waals surface area contributed by atoms with Gasteiger partial charge in [0.1, 0.15) is 0 Å². The Balaban J connectivity index is 0.00000169. The van der Waals surface area contributed by atoms with E-state index in [1.807, 2.05) is 24.3 Å². The van der Waals surface area contributed by atoms with E-state index in [-0.39, 0.29) is 18.4 Å². The summed E-state index contributed by atoms with van der Waals surface area (Å²) in [5, 5.41) is 8.59. The van der Waals surface area contributed by atoms with E-state index in [0.717, 1.165) is 18.4 Å². The lowest BCUT2D eigenvalue weighted by molar-refractivity contribution is 0.638. The molecule has 0 unspecified atom stereocenters. The van der Waals surface area contributed by atoms with Gasteiger partial charge in [-0.1, -0.05) is 25.5 Å². The van der Waals surface area contributed by atoms with Crippen molar-refractivity contribution < 1.29 is 0 Å². The summed E-state index contributed by atoms with van der Waals surface area (Å²) in [5.74, 6) is 0. The lowest BCUT2D eigenvalue weighted by atomic mass is 10.0. The van der Waals surface area contributed by atoms with E-state index in [0.29, 0.717) is 5.56 Å². The molecular weight excluding hydrogens is 196 g/mol. The molecule has 76 valence electrons. The highest BCUT2D eigenvalue weighted by atomic mass is 35.5. The molecule has 2 N–H and O–H groups in total. The van der Waals surface area contributed by atoms with Gasteiger partial charge >= 0.3 is 0 Å². The first kappa shape index (κ1) is 13.0. The zero-order valence-corrected chi connectivity index (χ0v) is 9.05. The molecule has 0 fully saturated rings. The second-order valence-electron chi connectivity index (χ2n) is 3.13. The lowest BCUT2D eigenvalue weighted by Gasteiger charge is -2.09. The molecule has 0 amide bonds. The highest BCUT2D eigenvalue weighted by Gasteiger charge is 2.03. The van der Waals surface area contributed by atoms with Gasteiger partial charge < -0.3 is 5.73 Å². The Bertz CT molecular complexity index is 300. The van der Waals surface area contributed by atoms with Crippen molar-refractivity contribution in [1.29, 1.82) is 5.26 Å². The molecule has 14 heavy (non-hydrogen) atoms. The van der Waals surface area contributed by atoms with Crippen LogP contribution in [0.5, 0.6) is 0 Å². The largest absolute Gasteiger partial charge is 0.324 e. The molecule has 0 aromatic heterocycles. The van der Waals surface area contributed by atoms with Gasteiger partial charge in [0.25, 0.3) is 0 Å². The van der Waals surface area contributed by atoms with Crippen molar-refractivity contribution in [2.24, 2.45) is 5.73 Å². The van der Waals surface area contributed by atoms with E-state index >= 15 is 0 Å². The molecule has 1 rings (SSSR count). The quantitative estimate of drug-likeness (QED) is 0.834. The minimum Gasteiger partial charge on any atom is -0.324 e. The molecule has 0 spiro atoms. The van der Waals surface area contributed by atoms with Crippen molar-refractivity contribution >= 4 is 12.4 Å². The third kappa shape index (κ3) is 3.37. The highest BCUT2D eigenvalue weighted by Crippen LogP contribution is 2.15. The van der Waals surface area contributed by atoms with Crippen molar-refractivity contribution in [1.82, 2.24) is 0 Å². The molecule has 0 aliphatic rings. The topological polar surface area (TPSA) is 49.8 Å². The maximum atomic E-state index is 8.59. The molecule has 3 heteroatoms. The summed E-state index contributed by atoms with van der Waals surface area (Å²) in [7, 11) is 0. The maximum absolute atomic E-state index is 8.59. The zero-order valence-electron chi connectivity index (χ0n) is 8.23. The normalized spacial score (nSPS) is 11.2. The number of nitrogens with two attached hydrogens (primary N) is 1. The number of nitrogens with zero attached hydrogens (tertiary/aromatic N) is 1. The minimum atomic E-state index is 0. The Labute approximate surface area is 91.1 Å². The second-order valence-corrected chi connectivity index (χ2v) is 3.13. The van der Waals surface area contributed by atoms with E-state index < -0.39 is 0 Å². The number of benzene rings is 1. The molecule has 0 aliphatic carbocycles. The van der Waals surface area contributed by atoms with Crippen LogP contribution in [-0.2, 0) is 0 Å². The van der Waals surface area contributed by atoms with Crippen LogP contribution in [-0.4, -0.2) is 0 Å². The first-order valence-electron chi connectivity index (χ1n) is 4.53. The predicted molar refractivity (Wildman–Crippen MR) is 60.2 cm³/mol. The molecule has 1 atom stereocenters. The number of hydrogen-bond acceptors (Lipinski definition) is 2. The molecular formula is C11H15ClN2. The lowest BCUT2D eigenvalue weighted by Crippen LogP contribution is -2.09. The molecule has 1 aromatic carbocycles. The average Bonchev–Trinajstić information content (AvgIpc) is 2.18. The van der Waals surface area contributed by atoms with E-state index in [9.17, 15) is 0 Å². The van der Waals surface area contributed by atoms with Gasteiger partial charge in [-0.05, 0) is 24.1 Å². The molecule has 0 heterocycles. The van der Waals surface area contributed by atoms with Gasteiger partial charge in [0.15, 0.2) is 0 Å². The van der Waals surface area contributed by atoms with E-state index in [4.69, 9.17) is 11.0 Å². The maximum Gasteiger partial charge on any atom is 0.0991 e. The van der Waals surface area contributed by atoms with E-state index in [1.165, 1.54) is 0 Å². The van der Waals surface area contributed by atoms with E-state index in [1.54, 1.807) is 0 Å². The summed E-state index contributed by atoms with van der Waals surface area (Å²) >= 11 is 0. The fraction of sp³-hybridized carbons (Fsp3) is 0.364. The van der Waals surface area contributed by atoms with Crippen LogP contribution in [0.2, 0.25) is 0 Å². The van der Waals surface area contributed by atoms with Crippen molar-refractivity contribution in [3.05, 3.63) is 35.4 Å². The van der Waals surface area contributed by atoms with Crippen LogP contribution < -0.4 is 5.73 Å². The Morgan fingerprint density at radius 2 is 1.93 bits per heavy atom. The number of halogens is 1. The minimum absolute atomic E-state index is 0. The van der Waals surface area contributed by atoms with Gasteiger partial charge in [0.2, 0.25) is 0 Å². The molecule has 0 bridgehead atoms. The standard InChI is InChI=1S/C11H14N2.ClH/c1-2-3-11(13)10-6-4-9(8-12)5-7-10;/h4-7,11H,2-3,13H2,1H3;1H/t11-;/m0./s1. The Morgan fingerprint density at radius 3 is 2.36 bits per heavy atom. The molecule has 0 saturated carbocycles. The first-order chi connectivity index (χ1) is 6.27. The average molecular weight is 211 g/mol. The monoisotopic (exact) mass is 210 g/mol. The SMILES string of the molecule is CCC[C@H](N)c1ccc(C#N)cc1.Cl. The van der Waals surface area contributed by atoms with Crippen molar-refractivity contribution in [3.8, 4) is 6.07 Å². The van der Waals surface area contributed by atoms with Crippen molar-refractivity contribution in [3.63, 3.8) is 0 Å². The fourth-order valence-corrected chi connectivity index (χ4v) is 1.28. The Morgan fingerprint density at radius 1 is 1.36 bits per heavy atom. The summed E-state index contributed by atoms with van der Waals surface area (Å²) in [6.07, 6.45) is 2.08. The molecule has 0 radical (unpaired) electrons. The molecule has 1 aromatic rings. The summed E-state index contributed by atoms with van der Waals surface area (Å²) in [6, 6.07) is 9.67. The number of rotatable bonds is 3. The van der Waals surface area contributed by atoms with Crippen molar-refractivity contribution in [2.75, 3.05) is 0 Å². The summed E-state index contributed by atoms with van der Waals surface area (Å²) < 4.78 is 0. The fourth-order valence-electron chi connectivity index (χ4n) is 1.28. The van der Waals surface area contributed by atoms with Crippen LogP contribution in [0.25, 0.3) is 0 Å². The second kappa shape index (κ2) is 6.42. The van der Waals surface area contributed by atoms with Crippen LogP contribution in [0.4, 0.5) is 0 Å². The zero-order chi connectivity index (χ0) is 9.68. The predicted octanol–water partition coefficient (Wildman–Crippen LogP) is 2.78. The Hall–Kier alpha value is -1.04. The van der Waals surface area contributed by atoms with Crippen LogP contribution in [0, 0.1) is 11.3 Å². The Kier molecular flexibility index (Phi) is 5.94. The van der Waals surface area contributed by atoms with Gasteiger partial charge in [-0.15, -0.1) is 12.4 Å². The van der Waals surface area contributed by atoms with Crippen LogP contribution >= 0.6 is 12.4 Å². The third-order valence-electron chi connectivity index (χ3n) is 2.07. The van der Waals surface area contributed by atoms with Gasteiger partial charge in [-0.2, -0.15) is 5.26 Å². The van der Waals surface area contributed by atoms with E-state index in [2.05, 4.69) is 13.0 Å². The van der Waals surface area contributed by atoms with Crippen LogP contribution in [0.1, 0.15) is 36.9 Å². The summed E-state index contributed by atoms with van der Waals surface area (Å²) in [4.78, 5) is 0. The summed E-state index contributed by atoms with van der Waals surface area (Å²) in [5.41, 5.74) is 7.71. The molecule has 0 aliphatic heterocycles. The highest BCUT2D eigenvalue weighted by molar-refractivity contribution is 5.85. The molecule has 0 saturated heterocycles. The number of hydrogen-bond donors (Lipinski definition) is 1. The van der Waals surface area contributed by atoms with Gasteiger partial charge in [0, 0.05) is 6.04 Å². The number of nitriles is 1. The first-order valence-corrected chi connectivity index (χ1v) is 4.53. The van der Waals surface area contributed by atoms with Gasteiger partial charge in [-0.3, -0.25) is 0 Å². The third-order valence-corrected chi connectivity index (χ3v) is 2.07. The molecule has 2 nitrogen and oxygen atoms in total. The summed E-state index contributed by atoms with van der Waals surface area (Å²) in [6.45, 7) is 2.11. The van der Waals surface area contributed by atoms with Crippen LogP contribution in [0.15, 0.2) is 24.3 Å². The van der Waals surface area contributed by atoms with Gasteiger partial charge in [0.05, 0.1) is 11.6 Å².